The van der Waals surface area contributed by atoms with E-state index < -0.39 is 5.91 Å². The maximum Gasteiger partial charge on any atom is 0.247 e. The van der Waals surface area contributed by atoms with Gasteiger partial charge in [-0.1, -0.05) is 17.5 Å². The molecule has 1 N–H and O–H groups in total. The number of anilines is 1. The van der Waals surface area contributed by atoms with Crippen LogP contribution in [0.1, 0.15) is 6.92 Å². The van der Waals surface area contributed by atoms with Gasteiger partial charge in [0.1, 0.15) is 12.4 Å². The number of hydrogen-bond donors (Lipinski definition) is 1. The molecule has 16 heavy (non-hydrogen) atoms. The molecule has 0 saturated carbocycles. The van der Waals surface area contributed by atoms with Crippen molar-refractivity contribution in [1.82, 2.24) is 0 Å². The van der Waals surface area contributed by atoms with Gasteiger partial charge in [-0.3, -0.25) is 10.0 Å². The number of hydrogen-bond acceptors (Lipinski definition) is 3. The van der Waals surface area contributed by atoms with E-state index in [4.69, 9.17) is 22.8 Å². The van der Waals surface area contributed by atoms with Crippen LogP contribution >= 0.6 is 11.6 Å². The number of nitrogens with zero attached hydrogens (tertiary/aromatic N) is 1. The number of hydroxylamine groups is 1. The minimum absolute atomic E-state index is 0.106. The fraction of sp³-hybridized carbons (Fsp3) is 0.182. The number of terminal acetylenes is 1. The Morgan fingerprint density at radius 1 is 1.69 bits per heavy atom. The molecule has 4 nitrogen and oxygen atoms in total. The molecule has 0 bridgehead atoms. The van der Waals surface area contributed by atoms with E-state index in [2.05, 4.69) is 5.92 Å². The third-order valence-electron chi connectivity index (χ3n) is 1.77. The summed E-state index contributed by atoms with van der Waals surface area (Å²) >= 11 is 5.87. The van der Waals surface area contributed by atoms with E-state index in [1.807, 2.05) is 0 Å². The molecule has 1 amide bonds. The zero-order valence-corrected chi connectivity index (χ0v) is 9.36. The summed E-state index contributed by atoms with van der Waals surface area (Å²) in [5.41, 5.74) is 0.269. The van der Waals surface area contributed by atoms with Gasteiger partial charge >= 0.3 is 0 Å². The second-order valence-electron chi connectivity index (χ2n) is 2.94. The minimum Gasteiger partial charge on any atom is -0.479 e. The summed E-state index contributed by atoms with van der Waals surface area (Å²) < 4.78 is 5.13. The SMILES string of the molecule is C#CCOc1ccc(N(O)C(C)=O)cc1Cl. The Morgan fingerprint density at radius 3 is 2.88 bits per heavy atom. The van der Waals surface area contributed by atoms with Gasteiger partial charge in [0.25, 0.3) is 0 Å². The van der Waals surface area contributed by atoms with Crippen LogP contribution < -0.4 is 9.80 Å². The third kappa shape index (κ3) is 2.89. The van der Waals surface area contributed by atoms with Gasteiger partial charge in [0.05, 0.1) is 10.7 Å². The highest BCUT2D eigenvalue weighted by Gasteiger charge is 2.10. The Bertz CT molecular complexity index is 439. The van der Waals surface area contributed by atoms with Gasteiger partial charge in [-0.05, 0) is 18.2 Å². The van der Waals surface area contributed by atoms with Crippen LogP contribution in [-0.4, -0.2) is 17.7 Å². The van der Waals surface area contributed by atoms with E-state index in [9.17, 15) is 10.0 Å². The van der Waals surface area contributed by atoms with Gasteiger partial charge in [-0.2, -0.15) is 5.06 Å². The first-order valence-electron chi connectivity index (χ1n) is 4.41. The van der Waals surface area contributed by atoms with E-state index in [0.29, 0.717) is 10.8 Å². The first-order chi connectivity index (χ1) is 7.56. The third-order valence-corrected chi connectivity index (χ3v) is 2.06. The molecule has 0 spiro atoms. The fourth-order valence-electron chi connectivity index (χ4n) is 1.04. The van der Waals surface area contributed by atoms with Crippen molar-refractivity contribution in [3.05, 3.63) is 23.2 Å². The van der Waals surface area contributed by atoms with Crippen molar-refractivity contribution >= 4 is 23.2 Å². The quantitative estimate of drug-likeness (QED) is 0.499. The van der Waals surface area contributed by atoms with Gasteiger partial charge in [0.2, 0.25) is 5.91 Å². The van der Waals surface area contributed by atoms with Gasteiger partial charge in [0, 0.05) is 6.92 Å². The van der Waals surface area contributed by atoms with Gasteiger partial charge in [-0.15, -0.1) is 6.42 Å². The van der Waals surface area contributed by atoms with Crippen LogP contribution in [0.4, 0.5) is 5.69 Å². The summed E-state index contributed by atoms with van der Waals surface area (Å²) in [4.78, 5) is 10.9. The number of benzene rings is 1. The zero-order valence-electron chi connectivity index (χ0n) is 8.61. The Balaban J connectivity index is 2.91. The predicted octanol–water partition coefficient (Wildman–Crippen LogP) is 2.09. The molecule has 1 rings (SSSR count). The molecule has 0 atom stereocenters. The van der Waals surface area contributed by atoms with Crippen LogP contribution in [0.25, 0.3) is 0 Å². The number of carbonyl (C=O) groups is 1. The number of rotatable bonds is 3. The van der Waals surface area contributed by atoms with Crippen LogP contribution in [0.2, 0.25) is 5.02 Å². The molecule has 5 heteroatoms. The monoisotopic (exact) mass is 239 g/mol. The summed E-state index contributed by atoms with van der Waals surface area (Å²) in [6.07, 6.45) is 5.03. The smallest absolute Gasteiger partial charge is 0.247 e. The van der Waals surface area contributed by atoms with Crippen LogP contribution in [0.3, 0.4) is 0 Å². The standard InChI is InChI=1S/C11H10ClNO3/c1-3-6-16-11-5-4-9(7-10(11)12)13(15)8(2)14/h1,4-5,7,15H,6H2,2H3. The van der Waals surface area contributed by atoms with Crippen molar-refractivity contribution in [2.45, 2.75) is 6.92 Å². The van der Waals surface area contributed by atoms with Crippen LogP contribution in [0.15, 0.2) is 18.2 Å². The number of amides is 1. The summed E-state index contributed by atoms with van der Waals surface area (Å²) in [7, 11) is 0. The highest BCUT2D eigenvalue weighted by atomic mass is 35.5. The van der Waals surface area contributed by atoms with Crippen molar-refractivity contribution in [1.29, 1.82) is 0 Å². The molecule has 0 aromatic heterocycles. The molecule has 0 unspecified atom stereocenters. The van der Waals surface area contributed by atoms with Gasteiger partial charge in [-0.25, -0.2) is 0 Å². The average Bonchev–Trinajstić information content (AvgIpc) is 2.26. The fourth-order valence-corrected chi connectivity index (χ4v) is 1.27. The maximum absolute atomic E-state index is 10.9. The van der Waals surface area contributed by atoms with Crippen molar-refractivity contribution < 1.29 is 14.7 Å². The molecule has 0 aliphatic rings. The first kappa shape index (κ1) is 12.4. The predicted molar refractivity (Wildman–Crippen MR) is 60.7 cm³/mol. The lowest BCUT2D eigenvalue weighted by Crippen LogP contribution is -2.23. The maximum atomic E-state index is 10.9. The largest absolute Gasteiger partial charge is 0.479 e. The molecule has 0 aliphatic heterocycles. The van der Waals surface area contributed by atoms with E-state index in [1.54, 1.807) is 0 Å². The lowest BCUT2D eigenvalue weighted by atomic mass is 10.3. The number of carbonyl (C=O) groups excluding carboxylic acids is 1. The Morgan fingerprint density at radius 2 is 2.38 bits per heavy atom. The lowest BCUT2D eigenvalue weighted by Gasteiger charge is -2.13. The summed E-state index contributed by atoms with van der Waals surface area (Å²) in [5, 5.41) is 10.1. The molecule has 1 aromatic carbocycles. The van der Waals surface area contributed by atoms with Gasteiger partial charge < -0.3 is 4.74 Å². The molecule has 1 aromatic rings. The van der Waals surface area contributed by atoms with E-state index in [0.717, 1.165) is 0 Å². The number of ether oxygens (including phenoxy) is 1. The van der Waals surface area contributed by atoms with E-state index in [1.165, 1.54) is 25.1 Å². The van der Waals surface area contributed by atoms with Crippen LogP contribution in [0.5, 0.6) is 5.75 Å². The second kappa shape index (κ2) is 5.40. The first-order valence-corrected chi connectivity index (χ1v) is 4.79. The average molecular weight is 240 g/mol. The van der Waals surface area contributed by atoms with Crippen molar-refractivity contribution in [2.24, 2.45) is 0 Å². The molecule has 0 heterocycles. The van der Waals surface area contributed by atoms with Gasteiger partial charge in [0.15, 0.2) is 0 Å². The molecule has 0 fully saturated rings. The summed E-state index contributed by atoms with van der Waals surface area (Å²) in [6, 6.07) is 4.44. The van der Waals surface area contributed by atoms with Crippen molar-refractivity contribution in [3.8, 4) is 18.1 Å². The summed E-state index contributed by atoms with van der Waals surface area (Å²) in [6.45, 7) is 1.34. The highest BCUT2D eigenvalue weighted by molar-refractivity contribution is 6.32. The molecular formula is C11H10ClNO3. The normalized spacial score (nSPS) is 9.38. The molecular weight excluding hydrogens is 230 g/mol. The summed E-state index contributed by atoms with van der Waals surface area (Å²) in [5.74, 6) is 2.20. The lowest BCUT2D eigenvalue weighted by molar-refractivity contribution is -0.121. The molecule has 0 aliphatic carbocycles. The topological polar surface area (TPSA) is 49.8 Å². The zero-order chi connectivity index (χ0) is 12.1. The molecule has 0 saturated heterocycles. The van der Waals surface area contributed by atoms with Crippen LogP contribution in [-0.2, 0) is 4.79 Å². The minimum atomic E-state index is -0.506. The van der Waals surface area contributed by atoms with Crippen molar-refractivity contribution in [2.75, 3.05) is 11.7 Å². The van der Waals surface area contributed by atoms with Crippen molar-refractivity contribution in [3.63, 3.8) is 0 Å². The van der Waals surface area contributed by atoms with E-state index >= 15 is 0 Å². The molecule has 0 radical (unpaired) electrons. The second-order valence-corrected chi connectivity index (χ2v) is 3.35. The highest BCUT2D eigenvalue weighted by Crippen LogP contribution is 2.28. The Kier molecular flexibility index (Phi) is 4.18. The van der Waals surface area contributed by atoms with E-state index in [-0.39, 0.29) is 17.3 Å². The number of halogens is 1. The van der Waals surface area contributed by atoms with Crippen LogP contribution in [0, 0.1) is 12.3 Å². The Labute approximate surface area is 98.3 Å². The molecule has 84 valence electrons. The Hall–Kier alpha value is -1.70.